The van der Waals surface area contributed by atoms with Gasteiger partial charge >= 0.3 is 12.4 Å². The van der Waals surface area contributed by atoms with E-state index in [4.69, 9.17) is 0 Å². The third-order valence-electron chi connectivity index (χ3n) is 22.2. The van der Waals surface area contributed by atoms with Crippen molar-refractivity contribution in [2.24, 2.45) is 23.7 Å². The highest BCUT2D eigenvalue weighted by Crippen LogP contribution is 2.43. The van der Waals surface area contributed by atoms with Crippen LogP contribution in [0, 0.1) is 35.3 Å². The molecule has 0 radical (unpaired) electrons. The number of rotatable bonds is 10. The third kappa shape index (κ3) is 19.8. The summed E-state index contributed by atoms with van der Waals surface area (Å²) in [6.45, 7) is 1.80. The molecule has 1 aromatic rings. The number of benzene rings is 1. The molecule has 2 saturated heterocycles. The average Bonchev–Trinajstić information content (AvgIpc) is 1.17. The number of carbonyl (C=O) groups is 12. The number of carbonyl (C=O) groups excluding carboxylic acids is 12. The molecule has 5 fully saturated rings. The van der Waals surface area contributed by atoms with Gasteiger partial charge in [0.1, 0.15) is 71.1 Å². The van der Waals surface area contributed by atoms with Crippen molar-refractivity contribution in [1.82, 2.24) is 60.0 Å². The summed E-state index contributed by atoms with van der Waals surface area (Å²) in [5.41, 5.74) is -4.75. The van der Waals surface area contributed by atoms with Crippen molar-refractivity contribution in [1.29, 1.82) is 0 Å². The highest BCUT2D eigenvalue weighted by atomic mass is 19.4. The van der Waals surface area contributed by atoms with Crippen LogP contribution in [0.25, 0.3) is 0 Å². The van der Waals surface area contributed by atoms with Gasteiger partial charge in [-0.2, -0.15) is 26.3 Å². The van der Waals surface area contributed by atoms with E-state index < -0.39 is 248 Å². The van der Waals surface area contributed by atoms with Crippen LogP contribution < -0.4 is 16.0 Å². The summed E-state index contributed by atoms with van der Waals surface area (Å²) in [7, 11) is 10.2. The predicted molar refractivity (Wildman–Crippen MR) is 360 cm³/mol. The summed E-state index contributed by atoms with van der Waals surface area (Å²) in [5, 5.41) is 7.71. The van der Waals surface area contributed by atoms with E-state index >= 15 is 45.9 Å². The Labute approximate surface area is 605 Å². The number of nitrogens with one attached hydrogen (secondary N) is 3. The number of aryl methyl sites for hydroxylation is 1. The highest BCUT2D eigenvalue weighted by Gasteiger charge is 2.56. The maximum absolute atomic E-state index is 15.3. The van der Waals surface area contributed by atoms with E-state index in [-0.39, 0.29) is 64.3 Å². The minimum absolute atomic E-state index is 0.0418. The second-order valence-electron chi connectivity index (χ2n) is 29.6. The first kappa shape index (κ1) is 84.2. The van der Waals surface area contributed by atoms with Gasteiger partial charge in [0.05, 0.1) is 25.4 Å². The lowest BCUT2D eigenvalue weighted by Gasteiger charge is -2.46. The third-order valence-corrected chi connectivity index (χ3v) is 22.2. The van der Waals surface area contributed by atoms with Gasteiger partial charge in [-0.15, -0.1) is 0 Å². The molecule has 3 heterocycles. The lowest BCUT2D eigenvalue weighted by Crippen LogP contribution is -2.68. The Morgan fingerprint density at radius 2 is 1.28 bits per heavy atom. The van der Waals surface area contributed by atoms with Gasteiger partial charge in [-0.05, 0) is 125 Å². The van der Waals surface area contributed by atoms with Gasteiger partial charge in [-0.1, -0.05) is 52.2 Å². The predicted octanol–water partition coefficient (Wildman–Crippen LogP) is 5.83. The van der Waals surface area contributed by atoms with Gasteiger partial charge < -0.3 is 60.0 Å². The minimum Gasteiger partial charge on any atom is -0.347 e. The molecular weight excluding hydrogens is 1400 g/mol. The zero-order chi connectivity index (χ0) is 78.3. The summed E-state index contributed by atoms with van der Waals surface area (Å²) in [4.78, 5) is 187. The van der Waals surface area contributed by atoms with Crippen LogP contribution in [0.2, 0.25) is 0 Å². The summed E-state index contributed by atoms with van der Waals surface area (Å²) in [6, 6.07) is -12.2. The Hall–Kier alpha value is -8.10. The van der Waals surface area contributed by atoms with Gasteiger partial charge in [-0.3, -0.25) is 57.5 Å². The van der Waals surface area contributed by atoms with Crippen LogP contribution in [-0.4, -0.2) is 264 Å². The molecule has 0 aromatic heterocycles. The Balaban J connectivity index is 1.34. The number of amides is 12. The van der Waals surface area contributed by atoms with Gasteiger partial charge in [0.25, 0.3) is 0 Å². The average molecular weight is 1500 g/mol. The first-order valence-electron chi connectivity index (χ1n) is 35.9. The molecule has 2 bridgehead atoms. The number of nitrogens with zero attached hydrogens (tertiary/aromatic N) is 9. The van der Waals surface area contributed by atoms with Crippen molar-refractivity contribution < 1.29 is 101 Å². The molecule has 10 atom stereocenters. The van der Waals surface area contributed by atoms with E-state index in [0.29, 0.717) is 49.1 Å². The second kappa shape index (κ2) is 34.6. The normalized spacial score (nSPS) is 28.0. The van der Waals surface area contributed by atoms with E-state index in [1.807, 2.05) is 0 Å². The largest absolute Gasteiger partial charge is 0.422 e. The zero-order valence-corrected chi connectivity index (χ0v) is 61.4. The van der Waals surface area contributed by atoms with Gasteiger partial charge in [-0.25, -0.2) is 17.6 Å². The molecule has 3 aliphatic heterocycles. The maximum Gasteiger partial charge on any atom is 0.422 e. The van der Waals surface area contributed by atoms with Crippen LogP contribution in [0.5, 0.6) is 0 Å². The molecule has 586 valence electrons. The van der Waals surface area contributed by atoms with Crippen LogP contribution in [-0.2, 0) is 70.1 Å². The van der Waals surface area contributed by atoms with Gasteiger partial charge in [0.2, 0.25) is 76.8 Å². The molecule has 6 aliphatic rings. The highest BCUT2D eigenvalue weighted by molar-refractivity contribution is 6.01. The molecule has 34 heteroatoms. The number of halogens is 10. The summed E-state index contributed by atoms with van der Waals surface area (Å²) < 4.78 is 146. The molecular formula is C71H100F10N12O12. The quantitative estimate of drug-likeness (QED) is 0.185. The molecule has 105 heavy (non-hydrogen) atoms. The topological polar surface area (TPSA) is 270 Å². The summed E-state index contributed by atoms with van der Waals surface area (Å²) >= 11 is 0. The monoisotopic (exact) mass is 1500 g/mol. The van der Waals surface area contributed by atoms with Crippen LogP contribution >= 0.6 is 0 Å². The summed E-state index contributed by atoms with van der Waals surface area (Å²) in [6.07, 6.45) is -10.4. The molecule has 3 aliphatic carbocycles. The van der Waals surface area contributed by atoms with Crippen LogP contribution in [0.1, 0.15) is 154 Å². The molecule has 0 unspecified atom stereocenters. The van der Waals surface area contributed by atoms with E-state index in [1.165, 1.54) is 49.3 Å². The molecule has 1 aromatic carbocycles. The molecule has 12 amide bonds. The van der Waals surface area contributed by atoms with Gasteiger partial charge in [0, 0.05) is 82.3 Å². The fraction of sp³-hybridized carbons (Fsp3) is 0.718. The summed E-state index contributed by atoms with van der Waals surface area (Å²) in [5.74, 6) is -22.9. The minimum atomic E-state index is -5.52. The first-order chi connectivity index (χ1) is 49.0. The van der Waals surface area contributed by atoms with Crippen LogP contribution in [0.15, 0.2) is 24.3 Å². The van der Waals surface area contributed by atoms with Crippen molar-refractivity contribution in [2.75, 3.05) is 82.6 Å². The Kier molecular flexibility index (Phi) is 27.8. The number of alkyl halides is 8. The fourth-order valence-electron chi connectivity index (χ4n) is 15.3. The van der Waals surface area contributed by atoms with E-state index in [9.17, 15) is 55.5 Å². The molecule has 1 spiro atoms. The zero-order valence-electron chi connectivity index (χ0n) is 61.4. The first-order valence-corrected chi connectivity index (χ1v) is 35.9. The van der Waals surface area contributed by atoms with Crippen molar-refractivity contribution >= 4 is 70.9 Å². The molecule has 7 rings (SSSR count). The Morgan fingerprint density at radius 3 is 1.83 bits per heavy atom. The fourth-order valence-corrected chi connectivity index (χ4v) is 15.3. The van der Waals surface area contributed by atoms with Crippen molar-refractivity contribution in [3.63, 3.8) is 0 Å². The van der Waals surface area contributed by atoms with E-state index in [2.05, 4.69) is 16.0 Å². The van der Waals surface area contributed by atoms with E-state index in [0.717, 1.165) is 46.2 Å². The number of fused-ring (bicyclic) bond motifs is 3. The molecule has 24 nitrogen and oxygen atoms in total. The van der Waals surface area contributed by atoms with Gasteiger partial charge in [0.15, 0.2) is 0 Å². The number of hydrogen-bond acceptors (Lipinski definition) is 12. The standard InChI is InChI=1S/C71H100F10N12O12/c1-12-40(3)57-65(103)87(7)39-55(96)89(9)49-22-15-14-18-31-92(64(49)102)52(34-41-25-29-69(74,75)30-26-41)63(101)86(6)38-53(94)82-47(24-23-42-32-45(72)56(46(73)33-42)71(79,80)81)61(99)93-37-44(70(76,77)78)35-50(93)60(98)84-68(27-19-28-68)67(105)91(11)58(43-20-16-17-21-43)66(104)90(10)51(62(100)85(4)5)36-54(95)88(8)48(13-2)59(97)83-57/h14-15,32-33,40-41,43-44,47-52,57-58H,12-13,16-31,34-39H2,1-11H3,(H,82,94)(H,83,97)(H,84,98)/b15-14-/t40-,44+,47+,48-,49-,50-,51-,52-,57-,58-/m0/s1. The lowest BCUT2D eigenvalue weighted by atomic mass is 9.74. The molecule has 3 saturated carbocycles. The Bertz CT molecular complexity index is 3410. The van der Waals surface area contributed by atoms with E-state index in [1.54, 1.807) is 32.9 Å². The molecule has 3 N–H and O–H groups in total. The number of hydrogen-bond donors (Lipinski definition) is 3. The Morgan fingerprint density at radius 1 is 0.667 bits per heavy atom. The van der Waals surface area contributed by atoms with Crippen molar-refractivity contribution in [3.8, 4) is 0 Å². The van der Waals surface area contributed by atoms with Crippen LogP contribution in [0.3, 0.4) is 0 Å². The SMILES string of the molecule is CC[C@H](C)[C@@H]1NC(=O)[C@H](CC)N(C)C(=O)C[C@@H](C(=O)N(C)C)N(C)C(=O)[C@H](C2CCCC2)N(C)C(=O)C2(CCC2)NC(=O)[C@@H]2C[C@@H](C(F)(F)F)CN2C(=O)[C@@H](CCc2cc(F)c(C(F)(F)F)c(F)c2)NC(=O)CN(C)C(=O)[C@H](CC2CCC(F)(F)CC2)N2CC/C=C\C[C@@H](C2=O)N(C)C(=O)CN(C)C1=O. The van der Waals surface area contributed by atoms with Crippen molar-refractivity contribution in [2.45, 2.75) is 221 Å². The second-order valence-corrected chi connectivity index (χ2v) is 29.6. The maximum atomic E-state index is 15.3. The van der Waals surface area contributed by atoms with Crippen molar-refractivity contribution in [3.05, 3.63) is 47.0 Å². The lowest BCUT2D eigenvalue weighted by molar-refractivity contribution is -0.171. The number of likely N-dealkylation sites (N-methyl/N-ethyl adjacent to an activating group) is 7. The smallest absolute Gasteiger partial charge is 0.347 e. The van der Waals surface area contributed by atoms with Crippen LogP contribution in [0.4, 0.5) is 43.9 Å².